The van der Waals surface area contributed by atoms with Crippen molar-refractivity contribution in [3.05, 3.63) is 17.3 Å². The number of carbonyl (C=O) groups excluding carboxylic acids is 1. The second-order valence-corrected chi connectivity index (χ2v) is 4.15. The van der Waals surface area contributed by atoms with Crippen molar-refractivity contribution < 1.29 is 14.6 Å². The summed E-state index contributed by atoms with van der Waals surface area (Å²) in [4.78, 5) is 15.3. The molecule has 76 valence electrons. The molecule has 0 amide bonds. The molecule has 0 atom stereocenters. The maximum atomic E-state index is 11.1. The van der Waals surface area contributed by atoms with E-state index in [-0.39, 0.29) is 5.57 Å². The fourth-order valence-corrected chi connectivity index (χ4v) is 2.07. The summed E-state index contributed by atoms with van der Waals surface area (Å²) >= 11 is 2.90. The molecule has 0 aliphatic carbocycles. The minimum Gasteiger partial charge on any atom is -0.515 e. The van der Waals surface area contributed by atoms with Crippen LogP contribution in [0.15, 0.2) is 16.0 Å². The molecule has 0 aliphatic rings. The molecule has 0 saturated carbocycles. The standard InChI is InChI=1S/C8H9NO3S2/c1-12-7(11)5(3-10)6-4-14-8(9-6)13-2/h3-4,10H,1-2H3. The predicted molar refractivity (Wildman–Crippen MR) is 56.5 cm³/mol. The van der Waals surface area contributed by atoms with E-state index in [1.165, 1.54) is 30.2 Å². The van der Waals surface area contributed by atoms with Crippen LogP contribution in [0.4, 0.5) is 0 Å². The lowest BCUT2D eigenvalue weighted by Crippen LogP contribution is -2.04. The van der Waals surface area contributed by atoms with E-state index < -0.39 is 5.97 Å². The van der Waals surface area contributed by atoms with Gasteiger partial charge in [-0.25, -0.2) is 9.78 Å². The molecule has 0 radical (unpaired) electrons. The number of ether oxygens (including phenoxy) is 1. The lowest BCUT2D eigenvalue weighted by atomic mass is 10.2. The van der Waals surface area contributed by atoms with E-state index >= 15 is 0 Å². The van der Waals surface area contributed by atoms with Gasteiger partial charge in [0.2, 0.25) is 0 Å². The van der Waals surface area contributed by atoms with Crippen molar-refractivity contribution in [2.24, 2.45) is 0 Å². The van der Waals surface area contributed by atoms with Gasteiger partial charge in [0.05, 0.1) is 19.1 Å². The molecular formula is C8H9NO3S2. The highest BCUT2D eigenvalue weighted by Crippen LogP contribution is 2.24. The van der Waals surface area contributed by atoms with E-state index in [0.717, 1.165) is 4.34 Å². The first-order valence-electron chi connectivity index (χ1n) is 3.65. The molecule has 0 bridgehead atoms. The van der Waals surface area contributed by atoms with Crippen LogP contribution in [-0.4, -0.2) is 29.4 Å². The molecule has 0 spiro atoms. The Labute approximate surface area is 89.6 Å². The van der Waals surface area contributed by atoms with Gasteiger partial charge in [0.15, 0.2) is 0 Å². The first-order valence-corrected chi connectivity index (χ1v) is 5.76. The van der Waals surface area contributed by atoms with Gasteiger partial charge in [-0.3, -0.25) is 0 Å². The number of aliphatic hydroxyl groups is 1. The summed E-state index contributed by atoms with van der Waals surface area (Å²) in [7, 11) is 1.26. The van der Waals surface area contributed by atoms with Gasteiger partial charge < -0.3 is 9.84 Å². The summed E-state index contributed by atoms with van der Waals surface area (Å²) in [6, 6.07) is 0. The zero-order valence-electron chi connectivity index (χ0n) is 7.68. The van der Waals surface area contributed by atoms with E-state index in [2.05, 4.69) is 9.72 Å². The van der Waals surface area contributed by atoms with E-state index in [9.17, 15) is 4.79 Å². The molecule has 0 aromatic carbocycles. The van der Waals surface area contributed by atoms with Crippen LogP contribution < -0.4 is 0 Å². The van der Waals surface area contributed by atoms with Gasteiger partial charge >= 0.3 is 5.97 Å². The number of aromatic nitrogens is 1. The lowest BCUT2D eigenvalue weighted by Gasteiger charge is -1.98. The monoisotopic (exact) mass is 231 g/mol. The van der Waals surface area contributed by atoms with Gasteiger partial charge in [0, 0.05) is 5.38 Å². The van der Waals surface area contributed by atoms with Crippen LogP contribution in [-0.2, 0) is 9.53 Å². The molecule has 1 rings (SSSR count). The van der Waals surface area contributed by atoms with Crippen LogP contribution in [0, 0.1) is 0 Å². The van der Waals surface area contributed by atoms with Gasteiger partial charge in [0.1, 0.15) is 9.91 Å². The number of methoxy groups -OCH3 is 1. The highest BCUT2D eigenvalue weighted by Gasteiger charge is 2.15. The van der Waals surface area contributed by atoms with Crippen LogP contribution in [0.2, 0.25) is 0 Å². The molecular weight excluding hydrogens is 222 g/mol. The first-order chi connectivity index (χ1) is 6.72. The van der Waals surface area contributed by atoms with Gasteiger partial charge in [-0.1, -0.05) is 11.8 Å². The van der Waals surface area contributed by atoms with Gasteiger partial charge in [0.25, 0.3) is 0 Å². The molecule has 1 aromatic heterocycles. The minimum absolute atomic E-state index is 0.0732. The third-order valence-corrected chi connectivity index (χ3v) is 3.33. The van der Waals surface area contributed by atoms with Crippen molar-refractivity contribution in [3.8, 4) is 0 Å². The fraction of sp³-hybridized carbons (Fsp3) is 0.250. The summed E-state index contributed by atoms with van der Waals surface area (Å²) in [5, 5.41) is 10.6. The molecule has 1 aromatic rings. The summed E-state index contributed by atoms with van der Waals surface area (Å²) in [6.07, 6.45) is 2.61. The summed E-state index contributed by atoms with van der Waals surface area (Å²) in [6.45, 7) is 0. The molecule has 0 unspecified atom stereocenters. The van der Waals surface area contributed by atoms with Crippen LogP contribution >= 0.6 is 23.1 Å². The average molecular weight is 231 g/mol. The number of thiazole rings is 1. The first kappa shape index (κ1) is 11.1. The number of nitrogens with zero attached hydrogens (tertiary/aromatic N) is 1. The number of carbonyl (C=O) groups is 1. The Hall–Kier alpha value is -1.01. The van der Waals surface area contributed by atoms with Crippen molar-refractivity contribution in [1.29, 1.82) is 0 Å². The molecule has 6 heteroatoms. The number of hydrogen-bond acceptors (Lipinski definition) is 6. The third-order valence-electron chi connectivity index (χ3n) is 1.47. The molecule has 1 N–H and O–H groups in total. The van der Waals surface area contributed by atoms with E-state index in [0.29, 0.717) is 12.0 Å². The quantitative estimate of drug-likeness (QED) is 0.373. The van der Waals surface area contributed by atoms with Crippen molar-refractivity contribution in [1.82, 2.24) is 4.98 Å². The Morgan fingerprint density at radius 3 is 2.93 bits per heavy atom. The van der Waals surface area contributed by atoms with Crippen molar-refractivity contribution in [2.45, 2.75) is 4.34 Å². The van der Waals surface area contributed by atoms with Crippen molar-refractivity contribution in [3.63, 3.8) is 0 Å². The molecule has 0 aliphatic heterocycles. The van der Waals surface area contributed by atoms with E-state index in [1.54, 1.807) is 5.38 Å². The van der Waals surface area contributed by atoms with Crippen LogP contribution in [0.25, 0.3) is 5.57 Å². The maximum absolute atomic E-state index is 11.1. The van der Waals surface area contributed by atoms with Gasteiger partial charge in [-0.15, -0.1) is 11.3 Å². The second-order valence-electron chi connectivity index (χ2n) is 2.24. The molecule has 14 heavy (non-hydrogen) atoms. The highest BCUT2D eigenvalue weighted by molar-refractivity contribution is 8.00. The van der Waals surface area contributed by atoms with Crippen molar-refractivity contribution in [2.75, 3.05) is 13.4 Å². The molecule has 4 nitrogen and oxygen atoms in total. The van der Waals surface area contributed by atoms with Crippen molar-refractivity contribution >= 4 is 34.6 Å². The number of aliphatic hydroxyl groups excluding tert-OH is 1. The second kappa shape index (κ2) is 5.02. The lowest BCUT2D eigenvalue weighted by molar-refractivity contribution is -0.133. The Balaban J connectivity index is 2.96. The summed E-state index contributed by atoms with van der Waals surface area (Å²) in [5.41, 5.74) is 0.512. The van der Waals surface area contributed by atoms with Crippen LogP contribution in [0.5, 0.6) is 0 Å². The van der Waals surface area contributed by atoms with E-state index in [4.69, 9.17) is 5.11 Å². The maximum Gasteiger partial charge on any atom is 0.343 e. The van der Waals surface area contributed by atoms with Gasteiger partial charge in [-0.2, -0.15) is 0 Å². The molecule has 0 saturated heterocycles. The Morgan fingerprint density at radius 1 is 1.79 bits per heavy atom. The number of rotatable bonds is 3. The van der Waals surface area contributed by atoms with E-state index in [1.807, 2.05) is 6.26 Å². The number of thioether (sulfide) groups is 1. The minimum atomic E-state index is -0.592. The summed E-state index contributed by atoms with van der Waals surface area (Å²) in [5.74, 6) is -0.592. The smallest absolute Gasteiger partial charge is 0.343 e. The average Bonchev–Trinajstić information content (AvgIpc) is 2.67. The molecule has 0 fully saturated rings. The molecule has 1 heterocycles. The topological polar surface area (TPSA) is 59.4 Å². The van der Waals surface area contributed by atoms with Gasteiger partial charge in [-0.05, 0) is 6.26 Å². The number of hydrogen-bond donors (Lipinski definition) is 1. The fourth-order valence-electron chi connectivity index (χ4n) is 0.808. The zero-order valence-corrected chi connectivity index (χ0v) is 9.32. The summed E-state index contributed by atoms with van der Waals surface area (Å²) < 4.78 is 5.33. The predicted octanol–water partition coefficient (Wildman–Crippen LogP) is 1.94. The Kier molecular flexibility index (Phi) is 3.97. The SMILES string of the molecule is COC(=O)C(=CO)c1csc(SC)n1. The number of esters is 1. The highest BCUT2D eigenvalue weighted by atomic mass is 32.2. The zero-order chi connectivity index (χ0) is 10.6. The van der Waals surface area contributed by atoms with Crippen LogP contribution in [0.1, 0.15) is 5.69 Å². The Bertz CT molecular complexity index is 359. The Morgan fingerprint density at radius 2 is 2.50 bits per heavy atom. The largest absolute Gasteiger partial charge is 0.515 e. The third kappa shape index (κ3) is 2.27. The van der Waals surface area contributed by atoms with Crippen LogP contribution in [0.3, 0.4) is 0 Å². The normalized spacial score (nSPS) is 11.4.